The number of primary amides is 1. The van der Waals surface area contributed by atoms with E-state index in [0.717, 1.165) is 0 Å². The van der Waals surface area contributed by atoms with Crippen LogP contribution < -0.4 is 5.73 Å². The molecule has 5 nitrogen and oxygen atoms in total. The van der Waals surface area contributed by atoms with Gasteiger partial charge in [-0.25, -0.2) is 0 Å². The van der Waals surface area contributed by atoms with Crippen LogP contribution in [-0.2, 0) is 11.2 Å². The molecule has 0 heterocycles. The van der Waals surface area contributed by atoms with Gasteiger partial charge in [0, 0.05) is 18.1 Å². The van der Waals surface area contributed by atoms with Gasteiger partial charge in [-0.3, -0.25) is 14.9 Å². The molecule has 0 radical (unpaired) electrons. The summed E-state index contributed by atoms with van der Waals surface area (Å²) >= 11 is 3.07. The molecule has 0 spiro atoms. The number of nitro benzene ring substituents is 1. The van der Waals surface area contributed by atoms with Gasteiger partial charge in [-0.2, -0.15) is 0 Å². The third-order valence-electron chi connectivity index (χ3n) is 1.90. The topological polar surface area (TPSA) is 86.2 Å². The first-order valence-corrected chi connectivity index (χ1v) is 5.09. The smallest absolute Gasteiger partial charge is 0.272 e. The molecule has 0 aromatic heterocycles. The van der Waals surface area contributed by atoms with E-state index in [1.54, 1.807) is 18.2 Å². The van der Waals surface area contributed by atoms with Crippen LogP contribution in [0.25, 0.3) is 0 Å². The molecule has 2 N–H and O–H groups in total. The maximum atomic E-state index is 10.8. The normalized spacial score (nSPS) is 12.1. The van der Waals surface area contributed by atoms with E-state index in [1.165, 1.54) is 6.07 Å². The molecule has 0 fully saturated rings. The Balaban J connectivity index is 2.94. The predicted octanol–water partition coefficient (Wildman–Crippen LogP) is 1.39. The summed E-state index contributed by atoms with van der Waals surface area (Å²) in [5.41, 5.74) is 5.55. The molecule has 80 valence electrons. The minimum Gasteiger partial charge on any atom is -0.369 e. The van der Waals surface area contributed by atoms with E-state index in [-0.39, 0.29) is 12.1 Å². The van der Waals surface area contributed by atoms with E-state index in [0.29, 0.717) is 5.56 Å². The second kappa shape index (κ2) is 4.88. The minimum atomic E-state index is -0.585. The molecule has 0 saturated carbocycles. The Morgan fingerprint density at radius 3 is 2.67 bits per heavy atom. The molecule has 1 aromatic carbocycles. The van der Waals surface area contributed by atoms with Crippen molar-refractivity contribution in [3.05, 3.63) is 39.9 Å². The standard InChI is InChI=1S/C9H9BrN2O3/c10-7(9(11)13)5-6-3-1-2-4-8(6)12(14)15/h1-4,7H,5H2,(H2,11,13). The second-order valence-electron chi connectivity index (χ2n) is 2.96. The van der Waals surface area contributed by atoms with E-state index in [9.17, 15) is 14.9 Å². The Labute approximate surface area is 94.5 Å². The lowest BCUT2D eigenvalue weighted by molar-refractivity contribution is -0.385. The van der Waals surface area contributed by atoms with E-state index >= 15 is 0 Å². The number of alkyl halides is 1. The number of nitrogens with zero attached hydrogens (tertiary/aromatic N) is 1. The average Bonchev–Trinajstić information content (AvgIpc) is 2.18. The van der Waals surface area contributed by atoms with Gasteiger partial charge in [-0.1, -0.05) is 34.1 Å². The lowest BCUT2D eigenvalue weighted by Gasteiger charge is -2.05. The first-order chi connectivity index (χ1) is 7.02. The van der Waals surface area contributed by atoms with Gasteiger partial charge in [0.05, 0.1) is 9.75 Å². The van der Waals surface area contributed by atoms with Crippen molar-refractivity contribution >= 4 is 27.5 Å². The van der Waals surface area contributed by atoms with Crippen molar-refractivity contribution in [2.75, 3.05) is 0 Å². The number of carbonyl (C=O) groups is 1. The molecule has 15 heavy (non-hydrogen) atoms. The van der Waals surface area contributed by atoms with Crippen LogP contribution in [0.3, 0.4) is 0 Å². The van der Waals surface area contributed by atoms with Gasteiger partial charge in [0.1, 0.15) is 0 Å². The van der Waals surface area contributed by atoms with Crippen molar-refractivity contribution in [2.45, 2.75) is 11.2 Å². The van der Waals surface area contributed by atoms with Gasteiger partial charge >= 0.3 is 0 Å². The molecular weight excluding hydrogens is 264 g/mol. The highest BCUT2D eigenvalue weighted by Gasteiger charge is 2.18. The van der Waals surface area contributed by atoms with Gasteiger partial charge < -0.3 is 5.73 Å². The van der Waals surface area contributed by atoms with Gasteiger partial charge in [-0.05, 0) is 0 Å². The van der Waals surface area contributed by atoms with E-state index in [2.05, 4.69) is 15.9 Å². The largest absolute Gasteiger partial charge is 0.369 e. The molecule has 1 amide bonds. The molecule has 0 aliphatic carbocycles. The fraction of sp³-hybridized carbons (Fsp3) is 0.222. The summed E-state index contributed by atoms with van der Waals surface area (Å²) in [6, 6.07) is 6.27. The number of hydrogen-bond donors (Lipinski definition) is 1. The van der Waals surface area contributed by atoms with Crippen molar-refractivity contribution in [2.24, 2.45) is 5.73 Å². The Morgan fingerprint density at radius 2 is 2.13 bits per heavy atom. The summed E-state index contributed by atoms with van der Waals surface area (Å²) in [5.74, 6) is -0.534. The highest BCUT2D eigenvalue weighted by atomic mass is 79.9. The lowest BCUT2D eigenvalue weighted by Crippen LogP contribution is -2.25. The summed E-state index contributed by atoms with van der Waals surface area (Å²) in [7, 11) is 0. The zero-order valence-electron chi connectivity index (χ0n) is 7.72. The maximum absolute atomic E-state index is 10.8. The first-order valence-electron chi connectivity index (χ1n) is 4.18. The number of halogens is 1. The number of rotatable bonds is 4. The van der Waals surface area contributed by atoms with Crippen molar-refractivity contribution in [1.29, 1.82) is 0 Å². The highest BCUT2D eigenvalue weighted by Crippen LogP contribution is 2.21. The van der Waals surface area contributed by atoms with Crippen LogP contribution in [-0.4, -0.2) is 15.7 Å². The van der Waals surface area contributed by atoms with Crippen LogP contribution in [0.4, 0.5) is 5.69 Å². The van der Waals surface area contributed by atoms with E-state index in [4.69, 9.17) is 5.73 Å². The van der Waals surface area contributed by atoms with Crippen molar-refractivity contribution in [1.82, 2.24) is 0 Å². The van der Waals surface area contributed by atoms with Crippen molar-refractivity contribution in [3.63, 3.8) is 0 Å². The molecular formula is C9H9BrN2O3. The lowest BCUT2D eigenvalue weighted by atomic mass is 10.1. The summed E-state index contributed by atoms with van der Waals surface area (Å²) < 4.78 is 0. The molecule has 0 bridgehead atoms. The maximum Gasteiger partial charge on any atom is 0.272 e. The summed E-state index contributed by atoms with van der Waals surface area (Å²) in [4.78, 5) is 20.4. The molecule has 1 unspecified atom stereocenters. The van der Waals surface area contributed by atoms with Crippen LogP contribution >= 0.6 is 15.9 Å². The van der Waals surface area contributed by atoms with Crippen molar-refractivity contribution in [3.8, 4) is 0 Å². The molecule has 1 rings (SSSR count). The van der Waals surface area contributed by atoms with Crippen LogP contribution in [0, 0.1) is 10.1 Å². The highest BCUT2D eigenvalue weighted by molar-refractivity contribution is 9.10. The zero-order chi connectivity index (χ0) is 11.4. The van der Waals surface area contributed by atoms with E-state index in [1.807, 2.05) is 0 Å². The first kappa shape index (κ1) is 11.6. The third-order valence-corrected chi connectivity index (χ3v) is 2.67. The van der Waals surface area contributed by atoms with Crippen LogP contribution in [0.5, 0.6) is 0 Å². The molecule has 0 aliphatic rings. The number of carbonyl (C=O) groups excluding carboxylic acids is 1. The molecule has 1 atom stereocenters. The van der Waals surface area contributed by atoms with Crippen LogP contribution in [0.1, 0.15) is 5.56 Å². The van der Waals surface area contributed by atoms with Crippen LogP contribution in [0.2, 0.25) is 0 Å². The Morgan fingerprint density at radius 1 is 1.53 bits per heavy atom. The minimum absolute atomic E-state index is 0.00296. The van der Waals surface area contributed by atoms with Gasteiger partial charge in [0.25, 0.3) is 5.69 Å². The quantitative estimate of drug-likeness (QED) is 0.511. The Bertz CT molecular complexity index is 395. The second-order valence-corrected chi connectivity index (χ2v) is 4.07. The third kappa shape index (κ3) is 3.02. The van der Waals surface area contributed by atoms with E-state index < -0.39 is 15.7 Å². The van der Waals surface area contributed by atoms with Crippen molar-refractivity contribution < 1.29 is 9.72 Å². The zero-order valence-corrected chi connectivity index (χ0v) is 9.31. The van der Waals surface area contributed by atoms with Gasteiger partial charge in [-0.15, -0.1) is 0 Å². The number of benzene rings is 1. The Kier molecular flexibility index (Phi) is 3.79. The molecule has 0 aliphatic heterocycles. The fourth-order valence-corrected chi connectivity index (χ4v) is 1.50. The monoisotopic (exact) mass is 272 g/mol. The average molecular weight is 273 g/mol. The fourth-order valence-electron chi connectivity index (χ4n) is 1.16. The number of para-hydroxylation sites is 1. The number of nitro groups is 1. The summed E-state index contributed by atoms with van der Waals surface area (Å²) in [5, 5.41) is 10.6. The van der Waals surface area contributed by atoms with Gasteiger partial charge in [0.15, 0.2) is 0 Å². The van der Waals surface area contributed by atoms with Crippen LogP contribution in [0.15, 0.2) is 24.3 Å². The molecule has 1 aromatic rings. The summed E-state index contributed by atoms with van der Waals surface area (Å²) in [6.07, 6.45) is 0.215. The predicted molar refractivity (Wildman–Crippen MR) is 58.7 cm³/mol. The molecule has 0 saturated heterocycles. The Hall–Kier alpha value is -1.43. The number of amides is 1. The number of hydrogen-bond acceptors (Lipinski definition) is 3. The molecule has 6 heteroatoms. The SMILES string of the molecule is NC(=O)C(Br)Cc1ccccc1[N+](=O)[O-]. The number of nitrogens with two attached hydrogens (primary N) is 1. The van der Waals surface area contributed by atoms with Gasteiger partial charge in [0.2, 0.25) is 5.91 Å². The summed E-state index contributed by atoms with van der Waals surface area (Å²) in [6.45, 7) is 0.